The van der Waals surface area contributed by atoms with E-state index in [1.807, 2.05) is 0 Å². The number of hydrogen-bond donors (Lipinski definition) is 3. The van der Waals surface area contributed by atoms with Crippen LogP contribution < -0.4 is 11.1 Å². The number of benzene rings is 1. The lowest BCUT2D eigenvalue weighted by atomic mass is 10.1. The van der Waals surface area contributed by atoms with Crippen LogP contribution in [0.2, 0.25) is 0 Å². The number of nitrogens with zero attached hydrogens (tertiary/aromatic N) is 1. The zero-order valence-corrected chi connectivity index (χ0v) is 11.6. The molecule has 0 radical (unpaired) electrons. The van der Waals surface area contributed by atoms with Gasteiger partial charge in [0, 0.05) is 18.7 Å². The molecular weight excluding hydrogens is 303 g/mol. The Morgan fingerprint density at radius 1 is 1.41 bits per heavy atom. The van der Waals surface area contributed by atoms with E-state index >= 15 is 0 Å². The fraction of sp³-hybridized carbons (Fsp3) is 0.538. The average Bonchev–Trinajstić information content (AvgIpc) is 2.81. The number of hydrogen-bond acceptors (Lipinski definition) is 5. The first kappa shape index (κ1) is 16.5. The zero-order valence-electron chi connectivity index (χ0n) is 11.6. The lowest BCUT2D eigenvalue weighted by Crippen LogP contribution is -2.35. The van der Waals surface area contributed by atoms with Crippen molar-refractivity contribution in [2.24, 2.45) is 0 Å². The highest BCUT2D eigenvalue weighted by Gasteiger charge is 2.36. The van der Waals surface area contributed by atoms with E-state index < -0.39 is 34.1 Å². The van der Waals surface area contributed by atoms with Crippen molar-refractivity contribution < 1.29 is 23.2 Å². The Morgan fingerprint density at radius 2 is 2.09 bits per heavy atom. The topological polar surface area (TPSA) is 101 Å². The van der Waals surface area contributed by atoms with Gasteiger partial charge in [0.2, 0.25) is 0 Å². The number of aliphatic hydroxyl groups is 1. The number of rotatable bonds is 4. The summed E-state index contributed by atoms with van der Waals surface area (Å²) in [6, 6.07) is 1.61. The predicted molar refractivity (Wildman–Crippen MR) is 73.0 cm³/mol. The highest BCUT2D eigenvalue weighted by molar-refractivity contribution is 5.65. The maximum atomic E-state index is 12.9. The molecule has 22 heavy (non-hydrogen) atoms. The maximum absolute atomic E-state index is 12.9. The van der Waals surface area contributed by atoms with Crippen LogP contribution in [0.15, 0.2) is 12.1 Å². The van der Waals surface area contributed by atoms with Gasteiger partial charge in [0.25, 0.3) is 5.69 Å². The highest BCUT2D eigenvalue weighted by atomic mass is 19.4. The highest BCUT2D eigenvalue weighted by Crippen LogP contribution is 2.38. The lowest BCUT2D eigenvalue weighted by Gasteiger charge is -2.17. The Labute approximate surface area is 124 Å². The normalized spacial score (nSPS) is 22.0. The molecule has 0 spiro atoms. The summed E-state index contributed by atoms with van der Waals surface area (Å²) in [5.41, 5.74) is 2.49. The van der Waals surface area contributed by atoms with Crippen molar-refractivity contribution in [3.05, 3.63) is 33.4 Å². The Kier molecular flexibility index (Phi) is 4.57. The van der Waals surface area contributed by atoms with E-state index in [-0.39, 0.29) is 18.2 Å². The molecule has 0 bridgehead atoms. The van der Waals surface area contributed by atoms with E-state index in [2.05, 4.69) is 5.32 Å². The molecule has 1 fully saturated rings. The van der Waals surface area contributed by atoms with Crippen molar-refractivity contribution >= 4 is 11.4 Å². The van der Waals surface area contributed by atoms with E-state index in [1.165, 1.54) is 0 Å². The first-order chi connectivity index (χ1) is 10.2. The van der Waals surface area contributed by atoms with Gasteiger partial charge in [-0.1, -0.05) is 0 Å². The third-order valence-corrected chi connectivity index (χ3v) is 3.77. The summed E-state index contributed by atoms with van der Waals surface area (Å²) in [4.78, 5) is 9.93. The quantitative estimate of drug-likeness (QED) is 0.449. The molecule has 6 nitrogen and oxygen atoms in total. The third kappa shape index (κ3) is 3.47. The van der Waals surface area contributed by atoms with Crippen LogP contribution in [0.5, 0.6) is 0 Å². The molecular formula is C13H16F3N3O3. The van der Waals surface area contributed by atoms with E-state index in [0.29, 0.717) is 12.8 Å². The van der Waals surface area contributed by atoms with Crippen LogP contribution >= 0.6 is 0 Å². The second-order valence-electron chi connectivity index (χ2n) is 5.32. The fourth-order valence-corrected chi connectivity index (χ4v) is 2.61. The number of nitrogens with one attached hydrogen (secondary N) is 1. The second kappa shape index (κ2) is 6.09. The minimum absolute atomic E-state index is 0.00801. The molecule has 1 aliphatic carbocycles. The summed E-state index contributed by atoms with van der Waals surface area (Å²) < 4.78 is 38.7. The Hall–Kier alpha value is -1.87. The Bertz CT molecular complexity index is 578. The molecule has 1 saturated carbocycles. The van der Waals surface area contributed by atoms with E-state index in [9.17, 15) is 28.4 Å². The van der Waals surface area contributed by atoms with Gasteiger partial charge < -0.3 is 16.2 Å². The van der Waals surface area contributed by atoms with Crippen molar-refractivity contribution in [3.63, 3.8) is 0 Å². The summed E-state index contributed by atoms with van der Waals surface area (Å²) in [7, 11) is 0. The first-order valence-electron chi connectivity index (χ1n) is 6.75. The van der Waals surface area contributed by atoms with Gasteiger partial charge in [-0.25, -0.2) is 0 Å². The van der Waals surface area contributed by atoms with Gasteiger partial charge in [-0.15, -0.1) is 0 Å². The SMILES string of the molecule is Nc1c([N+](=O)[O-])cc(CN[C@@H]2CCC[C@H]2O)cc1C(F)(F)F. The first-order valence-corrected chi connectivity index (χ1v) is 6.75. The molecule has 9 heteroatoms. The number of nitrogens with two attached hydrogens (primary N) is 1. The van der Waals surface area contributed by atoms with Gasteiger partial charge in [0.15, 0.2) is 0 Å². The van der Waals surface area contributed by atoms with Gasteiger partial charge in [0.1, 0.15) is 5.69 Å². The second-order valence-corrected chi connectivity index (χ2v) is 5.32. The van der Waals surface area contributed by atoms with Gasteiger partial charge in [-0.05, 0) is 30.9 Å². The van der Waals surface area contributed by atoms with Crippen molar-refractivity contribution in [1.29, 1.82) is 0 Å². The van der Waals surface area contributed by atoms with Crippen molar-refractivity contribution in [3.8, 4) is 0 Å². The Balaban J connectivity index is 2.27. The molecule has 122 valence electrons. The fourth-order valence-electron chi connectivity index (χ4n) is 2.61. The van der Waals surface area contributed by atoms with Crippen molar-refractivity contribution in [2.45, 2.75) is 44.1 Å². The van der Waals surface area contributed by atoms with Crippen molar-refractivity contribution in [2.75, 3.05) is 5.73 Å². The molecule has 0 aliphatic heterocycles. The largest absolute Gasteiger partial charge is 0.418 e. The molecule has 0 saturated heterocycles. The molecule has 1 aliphatic rings. The maximum Gasteiger partial charge on any atom is 0.418 e. The van der Waals surface area contributed by atoms with Crippen LogP contribution in [0, 0.1) is 10.1 Å². The van der Waals surface area contributed by atoms with Gasteiger partial charge in [-0.3, -0.25) is 10.1 Å². The van der Waals surface area contributed by atoms with E-state index in [0.717, 1.165) is 18.6 Å². The number of anilines is 1. The molecule has 1 aromatic carbocycles. The van der Waals surface area contributed by atoms with Crippen LogP contribution in [0.3, 0.4) is 0 Å². The van der Waals surface area contributed by atoms with Crippen molar-refractivity contribution in [1.82, 2.24) is 5.32 Å². The number of nitrogen functional groups attached to an aromatic ring is 1. The number of halogens is 3. The van der Waals surface area contributed by atoms with Crippen LogP contribution in [0.25, 0.3) is 0 Å². The summed E-state index contributed by atoms with van der Waals surface area (Å²) in [5.74, 6) is 0. The van der Waals surface area contributed by atoms with E-state index in [1.54, 1.807) is 0 Å². The summed E-state index contributed by atoms with van der Waals surface area (Å²) >= 11 is 0. The number of aliphatic hydroxyl groups excluding tert-OH is 1. The molecule has 0 aromatic heterocycles. The summed E-state index contributed by atoms with van der Waals surface area (Å²) in [6.07, 6.45) is -3.14. The monoisotopic (exact) mass is 319 g/mol. The van der Waals surface area contributed by atoms with Gasteiger partial charge >= 0.3 is 6.18 Å². The van der Waals surface area contributed by atoms with Gasteiger partial charge in [-0.2, -0.15) is 13.2 Å². The van der Waals surface area contributed by atoms with Crippen LogP contribution in [0.4, 0.5) is 24.5 Å². The van der Waals surface area contributed by atoms with Gasteiger partial charge in [0.05, 0.1) is 16.6 Å². The number of nitro benzene ring substituents is 1. The van der Waals surface area contributed by atoms with Crippen LogP contribution in [-0.2, 0) is 12.7 Å². The minimum atomic E-state index is -4.77. The molecule has 0 amide bonds. The van der Waals surface area contributed by atoms with E-state index in [4.69, 9.17) is 5.73 Å². The summed E-state index contributed by atoms with van der Waals surface area (Å²) in [5, 5.41) is 23.5. The zero-order chi connectivity index (χ0) is 16.5. The molecule has 4 N–H and O–H groups in total. The Morgan fingerprint density at radius 3 is 2.59 bits per heavy atom. The lowest BCUT2D eigenvalue weighted by molar-refractivity contribution is -0.384. The average molecular weight is 319 g/mol. The minimum Gasteiger partial charge on any atom is -0.393 e. The standard InChI is InChI=1S/C13H16F3N3O3/c14-13(15,16)8-4-7(5-10(12(8)17)19(21)22)6-18-9-2-1-3-11(9)20/h4-5,9,11,18,20H,1-3,6,17H2/t9-,11-/m1/s1. The molecule has 0 heterocycles. The number of alkyl halides is 3. The summed E-state index contributed by atoms with van der Waals surface area (Å²) in [6.45, 7) is -0.00801. The number of nitro groups is 1. The van der Waals surface area contributed by atoms with Crippen LogP contribution in [0.1, 0.15) is 30.4 Å². The predicted octanol–water partition coefficient (Wildman–Crippen LogP) is 2.20. The molecule has 1 aromatic rings. The smallest absolute Gasteiger partial charge is 0.393 e. The molecule has 2 rings (SSSR count). The third-order valence-electron chi connectivity index (χ3n) is 3.77. The van der Waals surface area contributed by atoms with Crippen LogP contribution in [-0.4, -0.2) is 22.2 Å². The molecule has 2 atom stereocenters. The molecule has 0 unspecified atom stereocenters.